The predicted octanol–water partition coefficient (Wildman–Crippen LogP) is 2.48. The van der Waals surface area contributed by atoms with E-state index in [2.05, 4.69) is 12.2 Å². The molecule has 1 saturated heterocycles. The molecular weight excluding hydrogens is 174 g/mol. The van der Waals surface area contributed by atoms with E-state index in [1.165, 1.54) is 32.1 Å². The van der Waals surface area contributed by atoms with E-state index >= 15 is 0 Å². The quantitative estimate of drug-likeness (QED) is 0.720. The second-order valence-electron chi connectivity index (χ2n) is 5.35. The summed E-state index contributed by atoms with van der Waals surface area (Å²) < 4.78 is 0. The zero-order valence-corrected chi connectivity index (χ0v) is 9.14. The van der Waals surface area contributed by atoms with Crippen LogP contribution >= 0.6 is 0 Å². The molecule has 0 aromatic carbocycles. The third-order valence-corrected chi connectivity index (χ3v) is 3.96. The Morgan fingerprint density at radius 2 is 2.07 bits per heavy atom. The second-order valence-corrected chi connectivity index (χ2v) is 5.35. The Kier molecular flexibility index (Phi) is 2.80. The molecule has 2 heteroatoms. The van der Waals surface area contributed by atoms with Gasteiger partial charge in [0.1, 0.15) is 0 Å². The van der Waals surface area contributed by atoms with Crippen molar-refractivity contribution < 1.29 is 4.79 Å². The molecule has 0 aromatic heterocycles. The van der Waals surface area contributed by atoms with E-state index in [9.17, 15) is 4.79 Å². The summed E-state index contributed by atoms with van der Waals surface area (Å²) in [5.41, 5.74) is 0.463. The maximum absolute atomic E-state index is 11.5. The highest BCUT2D eigenvalue weighted by Gasteiger charge is 2.34. The van der Waals surface area contributed by atoms with Crippen LogP contribution < -0.4 is 5.32 Å². The monoisotopic (exact) mass is 195 g/mol. The first-order valence-electron chi connectivity index (χ1n) is 5.97. The van der Waals surface area contributed by atoms with Gasteiger partial charge in [0, 0.05) is 12.5 Å². The summed E-state index contributed by atoms with van der Waals surface area (Å²) in [6.07, 6.45) is 8.98. The Hall–Kier alpha value is -0.530. The van der Waals surface area contributed by atoms with Crippen molar-refractivity contribution in [2.24, 2.45) is 11.3 Å². The van der Waals surface area contributed by atoms with Crippen molar-refractivity contribution >= 4 is 5.91 Å². The molecule has 1 saturated carbocycles. The Balaban J connectivity index is 1.91. The minimum Gasteiger partial charge on any atom is -0.356 e. The molecule has 1 atom stereocenters. The normalized spacial score (nSPS) is 31.5. The van der Waals surface area contributed by atoms with Gasteiger partial charge in [0.05, 0.1) is 0 Å². The molecule has 2 nitrogen and oxygen atoms in total. The van der Waals surface area contributed by atoms with Gasteiger partial charge in [0.2, 0.25) is 5.91 Å². The molecule has 80 valence electrons. The third-order valence-electron chi connectivity index (χ3n) is 3.96. The van der Waals surface area contributed by atoms with Crippen molar-refractivity contribution in [2.45, 2.75) is 51.9 Å². The Morgan fingerprint density at radius 1 is 1.36 bits per heavy atom. The molecule has 1 amide bonds. The van der Waals surface area contributed by atoms with Crippen molar-refractivity contribution in [3.8, 4) is 0 Å². The topological polar surface area (TPSA) is 29.1 Å². The zero-order chi connectivity index (χ0) is 10.0. The van der Waals surface area contributed by atoms with Gasteiger partial charge in [-0.2, -0.15) is 0 Å². The van der Waals surface area contributed by atoms with Gasteiger partial charge in [-0.25, -0.2) is 0 Å². The molecule has 0 spiro atoms. The summed E-state index contributed by atoms with van der Waals surface area (Å²) in [6, 6.07) is 0. The van der Waals surface area contributed by atoms with Crippen LogP contribution in [-0.4, -0.2) is 12.5 Å². The van der Waals surface area contributed by atoms with E-state index in [-0.39, 0.29) is 0 Å². The molecule has 1 aliphatic carbocycles. The second kappa shape index (κ2) is 3.92. The summed E-state index contributed by atoms with van der Waals surface area (Å²) in [7, 11) is 0. The predicted molar refractivity (Wildman–Crippen MR) is 56.9 cm³/mol. The van der Waals surface area contributed by atoms with Crippen LogP contribution in [0.3, 0.4) is 0 Å². The molecule has 14 heavy (non-hydrogen) atoms. The zero-order valence-electron chi connectivity index (χ0n) is 9.14. The van der Waals surface area contributed by atoms with Gasteiger partial charge in [-0.3, -0.25) is 4.79 Å². The minimum absolute atomic E-state index is 0.303. The molecule has 2 rings (SSSR count). The van der Waals surface area contributed by atoms with E-state index in [0.717, 1.165) is 19.4 Å². The van der Waals surface area contributed by atoms with Gasteiger partial charge >= 0.3 is 0 Å². The van der Waals surface area contributed by atoms with Gasteiger partial charge in [0.25, 0.3) is 0 Å². The van der Waals surface area contributed by atoms with Crippen molar-refractivity contribution in [3.63, 3.8) is 0 Å². The lowest BCUT2D eigenvalue weighted by Gasteiger charge is -2.35. The Morgan fingerprint density at radius 3 is 2.64 bits per heavy atom. The number of carbonyl (C=O) groups is 1. The van der Waals surface area contributed by atoms with Gasteiger partial charge in [-0.15, -0.1) is 0 Å². The van der Waals surface area contributed by atoms with Crippen LogP contribution in [0.4, 0.5) is 0 Å². The first kappa shape index (κ1) is 10.0. The van der Waals surface area contributed by atoms with Crippen LogP contribution in [-0.2, 0) is 4.79 Å². The first-order valence-corrected chi connectivity index (χ1v) is 5.97. The van der Waals surface area contributed by atoms with Gasteiger partial charge < -0.3 is 5.32 Å². The molecular formula is C12H21NO. The highest BCUT2D eigenvalue weighted by molar-refractivity contribution is 5.80. The van der Waals surface area contributed by atoms with Crippen LogP contribution in [0.25, 0.3) is 0 Å². The third kappa shape index (κ3) is 2.10. The smallest absolute Gasteiger partial charge is 0.223 e. The number of rotatable bonds is 2. The lowest BCUT2D eigenvalue weighted by molar-refractivity contribution is -0.123. The van der Waals surface area contributed by atoms with Gasteiger partial charge in [-0.1, -0.05) is 26.2 Å². The Bertz CT molecular complexity index is 218. The number of hydrogen-bond donors (Lipinski definition) is 1. The molecule has 1 N–H and O–H groups in total. The molecule has 1 unspecified atom stereocenters. The van der Waals surface area contributed by atoms with Crippen molar-refractivity contribution in [1.82, 2.24) is 5.32 Å². The summed E-state index contributed by atoms with van der Waals surface area (Å²) in [5, 5.41) is 2.94. The van der Waals surface area contributed by atoms with Crippen LogP contribution in [0, 0.1) is 11.3 Å². The highest BCUT2D eigenvalue weighted by Crippen LogP contribution is 2.42. The highest BCUT2D eigenvalue weighted by atomic mass is 16.2. The molecule has 0 aromatic rings. The number of hydrogen-bond acceptors (Lipinski definition) is 1. The van der Waals surface area contributed by atoms with Gasteiger partial charge in [-0.05, 0) is 31.1 Å². The fourth-order valence-electron chi connectivity index (χ4n) is 3.04. The summed E-state index contributed by atoms with van der Waals surface area (Å²) in [6.45, 7) is 3.28. The minimum atomic E-state index is 0.303. The fourth-order valence-corrected chi connectivity index (χ4v) is 3.04. The lowest BCUT2D eigenvalue weighted by atomic mass is 9.70. The number of carbonyl (C=O) groups excluding carboxylic acids is 1. The molecule has 1 heterocycles. The molecule has 0 bridgehead atoms. The molecule has 1 aliphatic heterocycles. The fraction of sp³-hybridized carbons (Fsp3) is 0.917. The molecule has 0 radical (unpaired) electrons. The molecule has 2 fully saturated rings. The van der Waals surface area contributed by atoms with E-state index in [1.54, 1.807) is 0 Å². The van der Waals surface area contributed by atoms with Crippen LogP contribution in [0.15, 0.2) is 0 Å². The lowest BCUT2D eigenvalue weighted by Crippen LogP contribution is -2.27. The summed E-state index contributed by atoms with van der Waals surface area (Å²) in [5.74, 6) is 0.620. The number of amides is 1. The van der Waals surface area contributed by atoms with Crippen molar-refractivity contribution in [1.29, 1.82) is 0 Å². The molecule has 2 aliphatic rings. The number of nitrogens with one attached hydrogen (secondary N) is 1. The van der Waals surface area contributed by atoms with Crippen LogP contribution in [0.2, 0.25) is 0 Å². The van der Waals surface area contributed by atoms with E-state index in [4.69, 9.17) is 0 Å². The first-order chi connectivity index (χ1) is 6.70. The SMILES string of the molecule is CC1(CC2CCNC2=O)CCCCC1. The largest absolute Gasteiger partial charge is 0.356 e. The maximum atomic E-state index is 11.5. The van der Waals surface area contributed by atoms with Crippen LogP contribution in [0.5, 0.6) is 0 Å². The standard InChI is InChI=1S/C12H21NO/c1-12(6-3-2-4-7-12)9-10-5-8-13-11(10)14/h10H,2-9H2,1H3,(H,13,14). The maximum Gasteiger partial charge on any atom is 0.223 e. The summed E-state index contributed by atoms with van der Waals surface area (Å²) >= 11 is 0. The van der Waals surface area contributed by atoms with E-state index in [1.807, 2.05) is 0 Å². The average molecular weight is 195 g/mol. The van der Waals surface area contributed by atoms with Crippen molar-refractivity contribution in [2.75, 3.05) is 6.54 Å². The van der Waals surface area contributed by atoms with Crippen molar-refractivity contribution in [3.05, 3.63) is 0 Å². The summed E-state index contributed by atoms with van der Waals surface area (Å²) in [4.78, 5) is 11.5. The Labute approximate surface area is 86.5 Å². The average Bonchev–Trinajstić information content (AvgIpc) is 2.52. The van der Waals surface area contributed by atoms with E-state index < -0.39 is 0 Å². The van der Waals surface area contributed by atoms with E-state index in [0.29, 0.717) is 17.2 Å². The van der Waals surface area contributed by atoms with Crippen LogP contribution in [0.1, 0.15) is 51.9 Å². The van der Waals surface area contributed by atoms with Gasteiger partial charge in [0.15, 0.2) is 0 Å².